The Labute approximate surface area is 84.5 Å². The third-order valence-corrected chi connectivity index (χ3v) is 2.98. The first-order valence-corrected chi connectivity index (χ1v) is 5.15. The lowest BCUT2D eigenvalue weighted by atomic mass is 9.83. The summed E-state index contributed by atoms with van der Waals surface area (Å²) in [5.41, 5.74) is 1.25. The molecule has 1 heterocycles. The van der Waals surface area contributed by atoms with Crippen LogP contribution in [-0.2, 0) is 0 Å². The summed E-state index contributed by atoms with van der Waals surface area (Å²) in [6.45, 7) is 3.11. The number of aliphatic hydroxyl groups is 1. The molecule has 0 radical (unpaired) electrons. The summed E-state index contributed by atoms with van der Waals surface area (Å²) in [6.07, 6.45) is 1.01. The van der Waals surface area contributed by atoms with Crippen LogP contribution in [0.1, 0.15) is 24.8 Å². The molecule has 2 heteroatoms. The Kier molecular flexibility index (Phi) is 2.73. The first-order valence-electron chi connectivity index (χ1n) is 5.15. The summed E-state index contributed by atoms with van der Waals surface area (Å²) in [5.74, 6) is 1.76. The summed E-state index contributed by atoms with van der Waals surface area (Å²) < 4.78 is 5.57. The molecule has 0 amide bonds. The van der Waals surface area contributed by atoms with Crippen molar-refractivity contribution in [2.45, 2.75) is 19.3 Å². The molecule has 0 saturated carbocycles. The van der Waals surface area contributed by atoms with Gasteiger partial charge in [0.1, 0.15) is 5.75 Å². The maximum Gasteiger partial charge on any atom is 0.122 e. The largest absolute Gasteiger partial charge is 0.493 e. The van der Waals surface area contributed by atoms with E-state index >= 15 is 0 Å². The van der Waals surface area contributed by atoms with E-state index in [2.05, 4.69) is 13.0 Å². The van der Waals surface area contributed by atoms with E-state index in [4.69, 9.17) is 4.74 Å². The normalized spacial score (nSPS) is 22.3. The number of hydrogen-bond donors (Lipinski definition) is 1. The smallest absolute Gasteiger partial charge is 0.122 e. The lowest BCUT2D eigenvalue weighted by Gasteiger charge is -2.29. The van der Waals surface area contributed by atoms with Crippen LogP contribution in [0.4, 0.5) is 0 Å². The average Bonchev–Trinajstić information content (AvgIpc) is 2.27. The van der Waals surface area contributed by atoms with E-state index in [0.717, 1.165) is 18.8 Å². The fraction of sp³-hybridized carbons (Fsp3) is 0.500. The van der Waals surface area contributed by atoms with E-state index in [1.165, 1.54) is 5.56 Å². The quantitative estimate of drug-likeness (QED) is 0.778. The Balaban J connectivity index is 2.30. The summed E-state index contributed by atoms with van der Waals surface area (Å²) in [6, 6.07) is 8.13. The predicted octanol–water partition coefficient (Wildman–Crippen LogP) is 2.18. The molecule has 0 aliphatic carbocycles. The van der Waals surface area contributed by atoms with Crippen LogP contribution in [0.3, 0.4) is 0 Å². The van der Waals surface area contributed by atoms with Crippen molar-refractivity contribution in [1.29, 1.82) is 0 Å². The van der Waals surface area contributed by atoms with Gasteiger partial charge in [0.05, 0.1) is 6.61 Å². The van der Waals surface area contributed by atoms with Gasteiger partial charge in [-0.2, -0.15) is 0 Å². The third kappa shape index (κ3) is 1.62. The molecule has 0 aromatic heterocycles. The van der Waals surface area contributed by atoms with Gasteiger partial charge in [0, 0.05) is 6.61 Å². The van der Waals surface area contributed by atoms with Crippen molar-refractivity contribution < 1.29 is 9.84 Å². The van der Waals surface area contributed by atoms with E-state index < -0.39 is 0 Å². The van der Waals surface area contributed by atoms with Crippen LogP contribution in [0.2, 0.25) is 0 Å². The average molecular weight is 192 g/mol. The monoisotopic (exact) mass is 192 g/mol. The van der Waals surface area contributed by atoms with E-state index in [1.54, 1.807) is 0 Å². The minimum Gasteiger partial charge on any atom is -0.493 e. The highest BCUT2D eigenvalue weighted by molar-refractivity contribution is 5.38. The maximum absolute atomic E-state index is 9.17. The van der Waals surface area contributed by atoms with Crippen molar-refractivity contribution in [2.75, 3.05) is 13.2 Å². The van der Waals surface area contributed by atoms with Crippen LogP contribution < -0.4 is 4.74 Å². The molecule has 1 aromatic carbocycles. The van der Waals surface area contributed by atoms with Gasteiger partial charge >= 0.3 is 0 Å². The lowest BCUT2D eigenvalue weighted by Crippen LogP contribution is -2.21. The van der Waals surface area contributed by atoms with Crippen LogP contribution >= 0.6 is 0 Å². The van der Waals surface area contributed by atoms with Gasteiger partial charge in [-0.3, -0.25) is 0 Å². The molecule has 1 N–H and O–H groups in total. The summed E-state index contributed by atoms with van der Waals surface area (Å²) in [7, 11) is 0. The van der Waals surface area contributed by atoms with Crippen LogP contribution in [0.15, 0.2) is 24.3 Å². The summed E-state index contributed by atoms with van der Waals surface area (Å²) >= 11 is 0. The van der Waals surface area contributed by atoms with Crippen molar-refractivity contribution in [3.8, 4) is 5.75 Å². The molecule has 2 unspecified atom stereocenters. The van der Waals surface area contributed by atoms with E-state index in [9.17, 15) is 5.11 Å². The minimum absolute atomic E-state index is 0.249. The van der Waals surface area contributed by atoms with Crippen molar-refractivity contribution in [3.05, 3.63) is 29.8 Å². The van der Waals surface area contributed by atoms with Crippen molar-refractivity contribution in [3.63, 3.8) is 0 Å². The number of para-hydroxylation sites is 1. The highest BCUT2D eigenvalue weighted by Gasteiger charge is 2.25. The first-order chi connectivity index (χ1) is 6.83. The molecule has 2 rings (SSSR count). The first kappa shape index (κ1) is 9.53. The van der Waals surface area contributed by atoms with Crippen molar-refractivity contribution in [1.82, 2.24) is 0 Å². The molecule has 1 aliphatic rings. The molecule has 0 saturated heterocycles. The zero-order chi connectivity index (χ0) is 9.97. The van der Waals surface area contributed by atoms with Gasteiger partial charge in [-0.05, 0) is 29.9 Å². The molecule has 1 aliphatic heterocycles. The van der Waals surface area contributed by atoms with Gasteiger partial charge in [0.15, 0.2) is 0 Å². The fourth-order valence-corrected chi connectivity index (χ4v) is 2.09. The molecule has 14 heavy (non-hydrogen) atoms. The molecule has 0 fully saturated rings. The molecule has 2 nitrogen and oxygen atoms in total. The van der Waals surface area contributed by atoms with Crippen LogP contribution in [0.5, 0.6) is 5.75 Å². The summed E-state index contributed by atoms with van der Waals surface area (Å²) in [4.78, 5) is 0. The second-order valence-corrected chi connectivity index (χ2v) is 3.94. The zero-order valence-corrected chi connectivity index (χ0v) is 8.44. The molecule has 1 aromatic rings. The SMILES string of the molecule is CC(CO)C1CCOc2ccccc21. The second kappa shape index (κ2) is 4.01. The molecule has 2 atom stereocenters. The van der Waals surface area contributed by atoms with Gasteiger partial charge in [0.25, 0.3) is 0 Å². The Morgan fingerprint density at radius 3 is 3.07 bits per heavy atom. The van der Waals surface area contributed by atoms with Crippen LogP contribution in [0, 0.1) is 5.92 Å². The van der Waals surface area contributed by atoms with Crippen LogP contribution in [-0.4, -0.2) is 18.3 Å². The maximum atomic E-state index is 9.17. The number of benzene rings is 1. The van der Waals surface area contributed by atoms with Gasteiger partial charge in [-0.25, -0.2) is 0 Å². The van der Waals surface area contributed by atoms with E-state index in [0.29, 0.717) is 11.8 Å². The summed E-state index contributed by atoms with van der Waals surface area (Å²) in [5, 5.41) is 9.17. The lowest BCUT2D eigenvalue weighted by molar-refractivity contribution is 0.181. The Bertz CT molecular complexity index is 309. The third-order valence-electron chi connectivity index (χ3n) is 2.98. The number of ether oxygens (including phenoxy) is 1. The van der Waals surface area contributed by atoms with Gasteiger partial charge in [-0.1, -0.05) is 25.1 Å². The Hall–Kier alpha value is -1.02. The predicted molar refractivity (Wildman–Crippen MR) is 55.5 cm³/mol. The van der Waals surface area contributed by atoms with Gasteiger partial charge < -0.3 is 9.84 Å². The molecule has 0 spiro atoms. The number of aliphatic hydroxyl groups excluding tert-OH is 1. The standard InChI is InChI=1S/C12H16O2/c1-9(8-13)10-6-7-14-12-5-3-2-4-11(10)12/h2-5,9-10,13H,6-8H2,1H3. The number of hydrogen-bond acceptors (Lipinski definition) is 2. The molecular weight excluding hydrogens is 176 g/mol. The van der Waals surface area contributed by atoms with Crippen LogP contribution in [0.25, 0.3) is 0 Å². The zero-order valence-electron chi connectivity index (χ0n) is 8.44. The van der Waals surface area contributed by atoms with Gasteiger partial charge in [0.2, 0.25) is 0 Å². The highest BCUT2D eigenvalue weighted by Crippen LogP contribution is 2.37. The van der Waals surface area contributed by atoms with Crippen molar-refractivity contribution >= 4 is 0 Å². The molecule has 76 valence electrons. The number of fused-ring (bicyclic) bond motifs is 1. The highest BCUT2D eigenvalue weighted by atomic mass is 16.5. The van der Waals surface area contributed by atoms with Crippen molar-refractivity contribution in [2.24, 2.45) is 5.92 Å². The Morgan fingerprint density at radius 1 is 1.50 bits per heavy atom. The Morgan fingerprint density at radius 2 is 2.29 bits per heavy atom. The molecule has 0 bridgehead atoms. The number of rotatable bonds is 2. The minimum atomic E-state index is 0.249. The topological polar surface area (TPSA) is 29.5 Å². The fourth-order valence-electron chi connectivity index (χ4n) is 2.09. The second-order valence-electron chi connectivity index (χ2n) is 3.94. The van der Waals surface area contributed by atoms with E-state index in [1.807, 2.05) is 18.2 Å². The van der Waals surface area contributed by atoms with Gasteiger partial charge in [-0.15, -0.1) is 0 Å². The molecular formula is C12H16O2. The van der Waals surface area contributed by atoms with E-state index in [-0.39, 0.29) is 6.61 Å².